The summed E-state index contributed by atoms with van der Waals surface area (Å²) in [6.07, 6.45) is 4.93. The maximum absolute atomic E-state index is 12.6. The van der Waals surface area contributed by atoms with Crippen molar-refractivity contribution >= 4 is 23.6 Å². The number of hydrogen-bond acceptors (Lipinski definition) is 3. The summed E-state index contributed by atoms with van der Waals surface area (Å²) in [6, 6.07) is 5.52. The average Bonchev–Trinajstić information content (AvgIpc) is 3.00. The average molecular weight is 335 g/mol. The first-order chi connectivity index (χ1) is 10.9. The molecule has 0 spiro atoms. The molecule has 0 radical (unpaired) electrons. The highest BCUT2D eigenvalue weighted by Gasteiger charge is 2.24. The van der Waals surface area contributed by atoms with Gasteiger partial charge in [0.1, 0.15) is 0 Å². The lowest BCUT2D eigenvalue weighted by Crippen LogP contribution is -2.40. The Hall–Kier alpha value is -1.49. The SMILES string of the molecule is Cc1ccc(SC2CCCC2)c(C(=O)NC(C)C(C)C(=O)O)c1. The first kappa shape index (κ1) is 17.9. The Morgan fingerprint density at radius 2 is 1.91 bits per heavy atom. The first-order valence-electron chi connectivity index (χ1n) is 8.19. The molecule has 2 atom stereocenters. The smallest absolute Gasteiger partial charge is 0.308 e. The second-order valence-corrected chi connectivity index (χ2v) is 7.76. The molecule has 1 aromatic rings. The molecule has 126 valence electrons. The van der Waals surface area contributed by atoms with Crippen LogP contribution in [0.1, 0.15) is 55.5 Å². The molecule has 0 aromatic heterocycles. The van der Waals surface area contributed by atoms with Crippen LogP contribution in [0.4, 0.5) is 0 Å². The predicted octanol–water partition coefficient (Wildman–Crippen LogP) is 3.87. The van der Waals surface area contributed by atoms with Gasteiger partial charge in [-0.15, -0.1) is 11.8 Å². The number of nitrogens with one attached hydrogen (secondary N) is 1. The predicted molar refractivity (Wildman–Crippen MR) is 93.0 cm³/mol. The van der Waals surface area contributed by atoms with E-state index in [1.165, 1.54) is 25.7 Å². The summed E-state index contributed by atoms with van der Waals surface area (Å²) < 4.78 is 0. The van der Waals surface area contributed by atoms with E-state index in [1.807, 2.05) is 25.1 Å². The zero-order valence-corrected chi connectivity index (χ0v) is 14.8. The van der Waals surface area contributed by atoms with E-state index < -0.39 is 17.9 Å². The number of rotatable bonds is 6. The van der Waals surface area contributed by atoms with Gasteiger partial charge in [-0.05, 0) is 45.7 Å². The van der Waals surface area contributed by atoms with Crippen LogP contribution < -0.4 is 5.32 Å². The normalized spacial score (nSPS) is 17.7. The van der Waals surface area contributed by atoms with E-state index in [-0.39, 0.29) is 5.91 Å². The minimum absolute atomic E-state index is 0.185. The number of aliphatic carboxylic acids is 1. The van der Waals surface area contributed by atoms with E-state index in [4.69, 9.17) is 5.11 Å². The molecule has 0 saturated heterocycles. The van der Waals surface area contributed by atoms with E-state index >= 15 is 0 Å². The second kappa shape index (κ2) is 7.86. The zero-order chi connectivity index (χ0) is 17.0. The highest BCUT2D eigenvalue weighted by molar-refractivity contribution is 8.00. The van der Waals surface area contributed by atoms with Crippen molar-refractivity contribution in [1.29, 1.82) is 0 Å². The van der Waals surface area contributed by atoms with Crippen LogP contribution in [-0.4, -0.2) is 28.3 Å². The third kappa shape index (κ3) is 4.74. The van der Waals surface area contributed by atoms with Gasteiger partial charge in [0.15, 0.2) is 0 Å². The molecule has 1 amide bonds. The van der Waals surface area contributed by atoms with Gasteiger partial charge < -0.3 is 10.4 Å². The van der Waals surface area contributed by atoms with Gasteiger partial charge in [0.25, 0.3) is 5.91 Å². The number of thioether (sulfide) groups is 1. The maximum atomic E-state index is 12.6. The number of benzene rings is 1. The quantitative estimate of drug-likeness (QED) is 0.828. The van der Waals surface area contributed by atoms with E-state index in [9.17, 15) is 9.59 Å². The Balaban J connectivity index is 2.14. The fourth-order valence-corrected chi connectivity index (χ4v) is 4.09. The Kier molecular flexibility index (Phi) is 6.10. The second-order valence-electron chi connectivity index (χ2n) is 6.41. The van der Waals surface area contributed by atoms with Gasteiger partial charge in [0.05, 0.1) is 11.5 Å². The van der Waals surface area contributed by atoms with Gasteiger partial charge in [-0.3, -0.25) is 9.59 Å². The Morgan fingerprint density at radius 3 is 2.52 bits per heavy atom. The molecule has 1 aliphatic rings. The van der Waals surface area contributed by atoms with Crippen LogP contribution in [-0.2, 0) is 4.79 Å². The molecule has 23 heavy (non-hydrogen) atoms. The van der Waals surface area contributed by atoms with Crippen LogP contribution in [0.15, 0.2) is 23.1 Å². The molecule has 1 saturated carbocycles. The molecular formula is C18H25NO3S. The summed E-state index contributed by atoms with van der Waals surface area (Å²) in [5, 5.41) is 12.5. The van der Waals surface area contributed by atoms with Gasteiger partial charge in [-0.2, -0.15) is 0 Å². The number of aryl methyl sites for hydroxylation is 1. The number of carboxylic acid groups (broad SMARTS) is 1. The largest absolute Gasteiger partial charge is 0.481 e. The lowest BCUT2D eigenvalue weighted by molar-refractivity contribution is -0.141. The van der Waals surface area contributed by atoms with Gasteiger partial charge >= 0.3 is 5.97 Å². The fraction of sp³-hybridized carbons (Fsp3) is 0.556. The van der Waals surface area contributed by atoms with Crippen molar-refractivity contribution in [2.24, 2.45) is 5.92 Å². The van der Waals surface area contributed by atoms with Crippen LogP contribution in [0, 0.1) is 12.8 Å². The van der Waals surface area contributed by atoms with Gasteiger partial charge in [0, 0.05) is 16.2 Å². The Morgan fingerprint density at radius 1 is 1.26 bits per heavy atom. The number of amides is 1. The lowest BCUT2D eigenvalue weighted by Gasteiger charge is -2.19. The molecule has 1 fully saturated rings. The molecule has 2 rings (SSSR count). The van der Waals surface area contributed by atoms with Crippen molar-refractivity contribution in [3.63, 3.8) is 0 Å². The minimum Gasteiger partial charge on any atom is -0.481 e. The molecule has 1 aliphatic carbocycles. The minimum atomic E-state index is -0.900. The summed E-state index contributed by atoms with van der Waals surface area (Å²) in [5.41, 5.74) is 1.69. The molecule has 2 unspecified atom stereocenters. The van der Waals surface area contributed by atoms with Crippen LogP contribution in [0.5, 0.6) is 0 Å². The molecule has 5 heteroatoms. The van der Waals surface area contributed by atoms with Crippen LogP contribution in [0.25, 0.3) is 0 Å². The van der Waals surface area contributed by atoms with Gasteiger partial charge in [-0.1, -0.05) is 24.5 Å². The summed E-state index contributed by atoms with van der Waals surface area (Å²) in [5.74, 6) is -1.70. The third-order valence-electron chi connectivity index (χ3n) is 4.47. The summed E-state index contributed by atoms with van der Waals surface area (Å²) in [7, 11) is 0. The van der Waals surface area contributed by atoms with Crippen molar-refractivity contribution in [2.45, 2.75) is 62.6 Å². The number of carbonyl (C=O) groups excluding carboxylic acids is 1. The number of carbonyl (C=O) groups is 2. The topological polar surface area (TPSA) is 66.4 Å². The molecule has 0 aliphatic heterocycles. The molecule has 2 N–H and O–H groups in total. The maximum Gasteiger partial charge on any atom is 0.308 e. The van der Waals surface area contributed by atoms with Crippen molar-refractivity contribution in [1.82, 2.24) is 5.32 Å². The first-order valence-corrected chi connectivity index (χ1v) is 9.07. The number of hydrogen-bond donors (Lipinski definition) is 2. The highest BCUT2D eigenvalue weighted by Crippen LogP contribution is 2.36. The fourth-order valence-electron chi connectivity index (χ4n) is 2.73. The standard InChI is InChI=1S/C18H25NO3S/c1-11-8-9-16(23-14-6-4-5-7-14)15(10-11)17(20)19-13(3)12(2)18(21)22/h8-10,12-14H,4-7H2,1-3H3,(H,19,20)(H,21,22). The molecule has 0 bridgehead atoms. The Bertz CT molecular complexity index is 582. The van der Waals surface area contributed by atoms with Crippen molar-refractivity contribution in [3.8, 4) is 0 Å². The summed E-state index contributed by atoms with van der Waals surface area (Å²) in [4.78, 5) is 24.7. The van der Waals surface area contributed by atoms with Crippen molar-refractivity contribution in [2.75, 3.05) is 0 Å². The monoisotopic (exact) mass is 335 g/mol. The van der Waals surface area contributed by atoms with E-state index in [0.29, 0.717) is 10.8 Å². The molecule has 0 heterocycles. The van der Waals surface area contributed by atoms with Crippen LogP contribution in [0.2, 0.25) is 0 Å². The zero-order valence-electron chi connectivity index (χ0n) is 14.0. The Labute approximate surface area is 142 Å². The molecule has 4 nitrogen and oxygen atoms in total. The molecule has 1 aromatic carbocycles. The van der Waals surface area contributed by atoms with E-state index in [1.54, 1.807) is 25.6 Å². The lowest BCUT2D eigenvalue weighted by atomic mass is 10.0. The van der Waals surface area contributed by atoms with Gasteiger partial charge in [0.2, 0.25) is 0 Å². The van der Waals surface area contributed by atoms with Crippen LogP contribution >= 0.6 is 11.8 Å². The van der Waals surface area contributed by atoms with E-state index in [2.05, 4.69) is 5.32 Å². The summed E-state index contributed by atoms with van der Waals surface area (Å²) >= 11 is 1.78. The highest BCUT2D eigenvalue weighted by atomic mass is 32.2. The molecular weight excluding hydrogens is 310 g/mol. The van der Waals surface area contributed by atoms with E-state index in [0.717, 1.165) is 10.5 Å². The van der Waals surface area contributed by atoms with Gasteiger partial charge in [-0.25, -0.2) is 0 Å². The number of carboxylic acids is 1. The van der Waals surface area contributed by atoms with Crippen LogP contribution in [0.3, 0.4) is 0 Å². The summed E-state index contributed by atoms with van der Waals surface area (Å²) in [6.45, 7) is 5.30. The third-order valence-corrected chi connectivity index (χ3v) is 5.89. The van der Waals surface area contributed by atoms with Crippen molar-refractivity contribution in [3.05, 3.63) is 29.3 Å². The van der Waals surface area contributed by atoms with Crippen molar-refractivity contribution < 1.29 is 14.7 Å².